The molecule has 1 fully saturated rings. The SMILES string of the molecule is C=CCC[C@H](C)S(=O)(=O)NC(=O)c1ccc2c(c1)N(C[C@@H]1CC[C@H]1[C@H](O)/C=C/CCC)C[C@@]1(CCCc3cc(Cl)ccc31)CO2. The first kappa shape index (κ1) is 33.6. The Balaban J connectivity index is 1.47. The lowest BCUT2D eigenvalue weighted by molar-refractivity contribution is 0.0456. The zero-order valence-electron chi connectivity index (χ0n) is 26.5. The van der Waals surface area contributed by atoms with Gasteiger partial charge in [-0.15, -0.1) is 6.58 Å². The van der Waals surface area contributed by atoms with Gasteiger partial charge in [-0.25, -0.2) is 13.1 Å². The molecular formula is C36H47ClN2O5S. The molecule has 1 saturated carbocycles. The molecule has 1 heterocycles. The summed E-state index contributed by atoms with van der Waals surface area (Å²) in [5.74, 6) is 0.447. The lowest BCUT2D eigenvalue weighted by Crippen LogP contribution is -2.49. The van der Waals surface area contributed by atoms with E-state index >= 15 is 0 Å². The number of hydrogen-bond acceptors (Lipinski definition) is 6. The summed E-state index contributed by atoms with van der Waals surface area (Å²) in [4.78, 5) is 15.7. The third-order valence-corrected chi connectivity index (χ3v) is 12.0. The molecular weight excluding hydrogens is 608 g/mol. The number of fused-ring (bicyclic) bond motifs is 3. The molecule has 244 valence electrons. The number of carbonyl (C=O) groups excluding carboxylic acids is 1. The van der Waals surface area contributed by atoms with E-state index in [1.807, 2.05) is 12.1 Å². The van der Waals surface area contributed by atoms with Crippen molar-refractivity contribution < 1.29 is 23.1 Å². The van der Waals surface area contributed by atoms with E-state index in [0.717, 1.165) is 55.7 Å². The molecule has 0 aromatic heterocycles. The third kappa shape index (κ3) is 7.44. The van der Waals surface area contributed by atoms with Crippen molar-refractivity contribution >= 4 is 33.2 Å². The number of halogens is 1. The van der Waals surface area contributed by atoms with Gasteiger partial charge in [-0.3, -0.25) is 4.79 Å². The van der Waals surface area contributed by atoms with Crippen LogP contribution in [0.5, 0.6) is 5.75 Å². The Labute approximate surface area is 273 Å². The summed E-state index contributed by atoms with van der Waals surface area (Å²) in [5.41, 5.74) is 3.27. The van der Waals surface area contributed by atoms with Crippen molar-refractivity contribution in [3.05, 3.63) is 82.9 Å². The first-order valence-electron chi connectivity index (χ1n) is 16.4. The molecule has 2 aromatic carbocycles. The number of anilines is 1. The summed E-state index contributed by atoms with van der Waals surface area (Å²) in [6.45, 7) is 9.26. The van der Waals surface area contributed by atoms with Crippen LogP contribution >= 0.6 is 11.6 Å². The summed E-state index contributed by atoms with van der Waals surface area (Å²) in [6.07, 6.45) is 13.0. The van der Waals surface area contributed by atoms with E-state index in [2.05, 4.69) is 41.3 Å². The zero-order chi connectivity index (χ0) is 32.2. The lowest BCUT2D eigenvalue weighted by Gasteiger charge is -2.45. The molecule has 2 N–H and O–H groups in total. The second-order valence-electron chi connectivity index (χ2n) is 13.1. The number of sulfonamides is 1. The number of hydrogen-bond donors (Lipinski definition) is 2. The minimum atomic E-state index is -3.86. The fourth-order valence-electron chi connectivity index (χ4n) is 7.15. The second kappa shape index (κ2) is 14.3. The number of aliphatic hydroxyl groups is 1. The number of rotatable bonds is 12. The maximum Gasteiger partial charge on any atom is 0.264 e. The van der Waals surface area contributed by atoms with Crippen molar-refractivity contribution in [2.45, 2.75) is 88.4 Å². The topological polar surface area (TPSA) is 95.9 Å². The Morgan fingerprint density at radius 1 is 1.24 bits per heavy atom. The van der Waals surface area contributed by atoms with Crippen LogP contribution in [-0.4, -0.2) is 50.5 Å². The van der Waals surface area contributed by atoms with Crippen LogP contribution in [0, 0.1) is 11.8 Å². The average Bonchev–Trinajstić information content (AvgIpc) is 3.14. The molecule has 0 radical (unpaired) electrons. The minimum absolute atomic E-state index is 0.160. The molecule has 2 aromatic rings. The van der Waals surface area contributed by atoms with Crippen molar-refractivity contribution in [2.24, 2.45) is 11.8 Å². The van der Waals surface area contributed by atoms with Crippen LogP contribution in [-0.2, 0) is 21.9 Å². The monoisotopic (exact) mass is 654 g/mol. The predicted molar refractivity (Wildman–Crippen MR) is 182 cm³/mol. The van der Waals surface area contributed by atoms with Crippen LogP contribution < -0.4 is 14.4 Å². The lowest BCUT2D eigenvalue weighted by atomic mass is 9.68. The number of carbonyl (C=O) groups is 1. The molecule has 7 nitrogen and oxygen atoms in total. The van der Waals surface area contributed by atoms with Gasteiger partial charge in [-0.1, -0.05) is 49.2 Å². The predicted octanol–water partition coefficient (Wildman–Crippen LogP) is 6.97. The Bertz CT molecular complexity index is 1530. The molecule has 5 rings (SSSR count). The molecule has 5 atom stereocenters. The van der Waals surface area contributed by atoms with E-state index in [9.17, 15) is 18.3 Å². The Kier molecular flexibility index (Phi) is 10.7. The maximum atomic E-state index is 13.3. The summed E-state index contributed by atoms with van der Waals surface area (Å²) < 4.78 is 34.7. The number of aryl methyl sites for hydroxylation is 1. The highest BCUT2D eigenvalue weighted by Crippen LogP contribution is 2.46. The normalized spacial score (nSPS) is 24.1. The van der Waals surface area contributed by atoms with Crippen molar-refractivity contribution in [2.75, 3.05) is 24.6 Å². The molecule has 45 heavy (non-hydrogen) atoms. The van der Waals surface area contributed by atoms with Crippen LogP contribution in [0.1, 0.15) is 86.7 Å². The van der Waals surface area contributed by atoms with Gasteiger partial charge in [0.05, 0.1) is 23.6 Å². The fourth-order valence-corrected chi connectivity index (χ4v) is 8.37. The van der Waals surface area contributed by atoms with Gasteiger partial charge in [0.15, 0.2) is 0 Å². The standard InChI is InChI=1S/C36H47ClN2O5S/c1-4-6-8-12-33(40)30-16-13-28(30)22-39-23-36(19-9-11-26-20-29(37)15-17-31(26)36)24-44-34-18-14-27(21-32(34)39)35(41)38-45(42,43)25(3)10-7-5-2/h5,8,12,14-15,17-18,20-21,25,28,30,33,40H,2,4,6-7,9-11,13,16,19,22-24H2,1,3H3,(H,38,41)/b12-8+/t25-,28-,30+,33+,36-/m0/s1. The highest BCUT2D eigenvalue weighted by Gasteiger charge is 2.44. The van der Waals surface area contributed by atoms with E-state index in [1.165, 1.54) is 11.1 Å². The van der Waals surface area contributed by atoms with E-state index in [-0.39, 0.29) is 22.8 Å². The summed E-state index contributed by atoms with van der Waals surface area (Å²) in [7, 11) is -3.86. The first-order chi connectivity index (χ1) is 21.6. The van der Waals surface area contributed by atoms with Gasteiger partial charge < -0.3 is 14.7 Å². The van der Waals surface area contributed by atoms with Crippen LogP contribution in [0.2, 0.25) is 5.02 Å². The molecule has 2 aliphatic carbocycles. The number of benzene rings is 2. The third-order valence-electron chi connectivity index (χ3n) is 10.00. The van der Waals surface area contributed by atoms with Crippen molar-refractivity contribution in [1.29, 1.82) is 0 Å². The summed E-state index contributed by atoms with van der Waals surface area (Å²) in [6, 6.07) is 11.4. The molecule has 1 spiro atoms. The number of nitrogens with zero attached hydrogens (tertiary/aromatic N) is 1. The highest BCUT2D eigenvalue weighted by molar-refractivity contribution is 7.90. The Hall–Kier alpha value is -2.81. The second-order valence-corrected chi connectivity index (χ2v) is 15.7. The van der Waals surface area contributed by atoms with E-state index in [4.69, 9.17) is 16.3 Å². The van der Waals surface area contributed by atoms with Crippen molar-refractivity contribution in [1.82, 2.24) is 4.72 Å². The smallest absolute Gasteiger partial charge is 0.264 e. The molecule has 0 saturated heterocycles. The van der Waals surface area contributed by atoms with Gasteiger partial charge in [0, 0.05) is 29.1 Å². The van der Waals surface area contributed by atoms with Gasteiger partial charge in [-0.05, 0) is 112 Å². The van der Waals surface area contributed by atoms with Crippen molar-refractivity contribution in [3.63, 3.8) is 0 Å². The van der Waals surface area contributed by atoms with Gasteiger partial charge in [-0.2, -0.15) is 0 Å². The zero-order valence-corrected chi connectivity index (χ0v) is 28.1. The van der Waals surface area contributed by atoms with E-state index in [0.29, 0.717) is 38.3 Å². The molecule has 3 aliphatic rings. The number of allylic oxidation sites excluding steroid dienone is 2. The van der Waals surface area contributed by atoms with Gasteiger partial charge in [0.25, 0.3) is 5.91 Å². The average molecular weight is 655 g/mol. The number of aliphatic hydroxyl groups excluding tert-OH is 1. The van der Waals surface area contributed by atoms with E-state index < -0.39 is 27.3 Å². The molecule has 1 amide bonds. The van der Waals surface area contributed by atoms with Crippen LogP contribution in [0.25, 0.3) is 0 Å². The van der Waals surface area contributed by atoms with Gasteiger partial charge >= 0.3 is 0 Å². The Morgan fingerprint density at radius 2 is 2.07 bits per heavy atom. The minimum Gasteiger partial charge on any atom is -0.490 e. The molecule has 0 unspecified atom stereocenters. The van der Waals surface area contributed by atoms with Gasteiger partial charge in [0.2, 0.25) is 10.0 Å². The summed E-state index contributed by atoms with van der Waals surface area (Å²) in [5, 5.41) is 11.0. The molecule has 0 bridgehead atoms. The van der Waals surface area contributed by atoms with Crippen LogP contribution in [0.4, 0.5) is 5.69 Å². The quantitative estimate of drug-likeness (QED) is 0.240. The number of unbranched alkanes of at least 4 members (excludes halogenated alkanes) is 1. The first-order valence-corrected chi connectivity index (χ1v) is 18.3. The van der Waals surface area contributed by atoms with Crippen LogP contribution in [0.15, 0.2) is 61.2 Å². The van der Waals surface area contributed by atoms with E-state index in [1.54, 1.807) is 31.2 Å². The molecule has 1 aliphatic heterocycles. The largest absolute Gasteiger partial charge is 0.490 e. The number of amides is 1. The number of nitrogens with one attached hydrogen (secondary N) is 1. The highest BCUT2D eigenvalue weighted by atomic mass is 35.5. The fraction of sp³-hybridized carbons (Fsp3) is 0.528. The van der Waals surface area contributed by atoms with Gasteiger partial charge in [0.1, 0.15) is 5.75 Å². The maximum absolute atomic E-state index is 13.3. The van der Waals surface area contributed by atoms with Crippen LogP contribution in [0.3, 0.4) is 0 Å². The molecule has 9 heteroatoms. The number of ether oxygens (including phenoxy) is 1. The Morgan fingerprint density at radius 3 is 2.80 bits per heavy atom. The summed E-state index contributed by atoms with van der Waals surface area (Å²) >= 11 is 6.41. The van der Waals surface area contributed by atoms with Crippen molar-refractivity contribution in [3.8, 4) is 5.75 Å².